The fourth-order valence-electron chi connectivity index (χ4n) is 1.84. The van der Waals surface area contributed by atoms with Crippen molar-refractivity contribution in [1.82, 2.24) is 10.2 Å². The van der Waals surface area contributed by atoms with E-state index in [2.05, 4.69) is 31.0 Å². The fourth-order valence-corrected chi connectivity index (χ4v) is 1.84. The van der Waals surface area contributed by atoms with E-state index in [-0.39, 0.29) is 0 Å². The van der Waals surface area contributed by atoms with E-state index in [0.717, 1.165) is 26.2 Å². The van der Waals surface area contributed by atoms with Gasteiger partial charge in [0.2, 0.25) is 0 Å². The summed E-state index contributed by atoms with van der Waals surface area (Å²) in [5.74, 6) is 0.324. The topological polar surface area (TPSA) is 35.5 Å². The number of likely N-dealkylation sites (N-methyl/N-ethyl adjacent to an activating group) is 1. The Labute approximate surface area is 104 Å². The van der Waals surface area contributed by atoms with Gasteiger partial charge in [-0.05, 0) is 37.7 Å². The number of aromatic hydroxyl groups is 1. The average molecular weight is 236 g/mol. The zero-order valence-corrected chi connectivity index (χ0v) is 11.1. The van der Waals surface area contributed by atoms with E-state index in [4.69, 9.17) is 0 Å². The molecule has 1 unspecified atom stereocenters. The Morgan fingerprint density at radius 3 is 2.29 bits per heavy atom. The van der Waals surface area contributed by atoms with Gasteiger partial charge in [-0.1, -0.05) is 26.0 Å². The molecular formula is C14H24N2O. The van der Waals surface area contributed by atoms with Crippen LogP contribution < -0.4 is 5.32 Å². The third-order valence-electron chi connectivity index (χ3n) is 3.02. The lowest BCUT2D eigenvalue weighted by Gasteiger charge is -2.23. The van der Waals surface area contributed by atoms with Crippen LogP contribution in [0.4, 0.5) is 0 Å². The molecule has 0 radical (unpaired) electrons. The Morgan fingerprint density at radius 2 is 1.76 bits per heavy atom. The number of rotatable bonds is 7. The molecule has 0 amide bonds. The Kier molecular flexibility index (Phi) is 6.01. The maximum atomic E-state index is 9.19. The number of hydrogen-bond donors (Lipinski definition) is 2. The minimum atomic E-state index is 0.324. The number of hydrogen-bond acceptors (Lipinski definition) is 3. The molecule has 1 rings (SSSR count). The number of phenols is 1. The van der Waals surface area contributed by atoms with E-state index in [1.165, 1.54) is 5.56 Å². The molecule has 0 aliphatic rings. The smallest absolute Gasteiger partial charge is 0.115 e. The maximum Gasteiger partial charge on any atom is 0.115 e. The first-order valence-corrected chi connectivity index (χ1v) is 6.39. The van der Waals surface area contributed by atoms with E-state index in [1.807, 2.05) is 12.1 Å². The summed E-state index contributed by atoms with van der Waals surface area (Å²) in [6.07, 6.45) is 0. The predicted octanol–water partition coefficient (Wildman–Crippen LogP) is 2.21. The summed E-state index contributed by atoms with van der Waals surface area (Å²) in [5.41, 5.74) is 1.20. The molecule has 0 heterocycles. The second kappa shape index (κ2) is 7.30. The lowest BCUT2D eigenvalue weighted by Crippen LogP contribution is -2.38. The van der Waals surface area contributed by atoms with Gasteiger partial charge in [-0.3, -0.25) is 0 Å². The molecule has 0 aliphatic heterocycles. The molecule has 2 N–H and O–H groups in total. The van der Waals surface area contributed by atoms with E-state index < -0.39 is 0 Å². The van der Waals surface area contributed by atoms with E-state index >= 15 is 0 Å². The molecule has 1 aromatic carbocycles. The summed E-state index contributed by atoms with van der Waals surface area (Å²) in [7, 11) is 0. The molecule has 0 saturated heterocycles. The third kappa shape index (κ3) is 5.20. The van der Waals surface area contributed by atoms with E-state index in [9.17, 15) is 5.11 Å². The zero-order chi connectivity index (χ0) is 12.7. The van der Waals surface area contributed by atoms with Gasteiger partial charge in [0.25, 0.3) is 0 Å². The van der Waals surface area contributed by atoms with E-state index in [1.54, 1.807) is 12.1 Å². The molecule has 0 aromatic heterocycles. The summed E-state index contributed by atoms with van der Waals surface area (Å²) < 4.78 is 0. The molecule has 0 fully saturated rings. The standard InChI is InChI=1S/C14H24N2O/c1-4-16(5-2)11-12(3)15-10-13-6-8-14(17)9-7-13/h6-9,12,15,17H,4-5,10-11H2,1-3H3. The molecule has 3 heteroatoms. The molecule has 0 spiro atoms. The highest BCUT2D eigenvalue weighted by molar-refractivity contribution is 5.25. The van der Waals surface area contributed by atoms with Crippen LogP contribution in [0.15, 0.2) is 24.3 Å². The van der Waals surface area contributed by atoms with Crippen molar-refractivity contribution < 1.29 is 5.11 Å². The summed E-state index contributed by atoms with van der Waals surface area (Å²) in [6.45, 7) is 10.7. The minimum absolute atomic E-state index is 0.324. The summed E-state index contributed by atoms with van der Waals surface area (Å²) in [4.78, 5) is 2.41. The molecular weight excluding hydrogens is 212 g/mol. The third-order valence-corrected chi connectivity index (χ3v) is 3.02. The molecule has 0 aliphatic carbocycles. The van der Waals surface area contributed by atoms with Crippen molar-refractivity contribution in [2.75, 3.05) is 19.6 Å². The van der Waals surface area contributed by atoms with E-state index in [0.29, 0.717) is 11.8 Å². The van der Waals surface area contributed by atoms with Crippen LogP contribution in [0.25, 0.3) is 0 Å². The first-order valence-electron chi connectivity index (χ1n) is 6.39. The van der Waals surface area contributed by atoms with Gasteiger partial charge in [-0.15, -0.1) is 0 Å². The lowest BCUT2D eigenvalue weighted by atomic mass is 10.2. The van der Waals surface area contributed by atoms with Crippen LogP contribution in [0.2, 0.25) is 0 Å². The van der Waals surface area contributed by atoms with Crippen molar-refractivity contribution in [1.29, 1.82) is 0 Å². The highest BCUT2D eigenvalue weighted by Crippen LogP contribution is 2.09. The summed E-state index contributed by atoms with van der Waals surface area (Å²) in [6, 6.07) is 7.83. The highest BCUT2D eigenvalue weighted by Gasteiger charge is 2.06. The first kappa shape index (κ1) is 14.0. The average Bonchev–Trinajstić information content (AvgIpc) is 2.35. The zero-order valence-electron chi connectivity index (χ0n) is 11.1. The maximum absolute atomic E-state index is 9.19. The van der Waals surface area contributed by atoms with Crippen molar-refractivity contribution in [3.05, 3.63) is 29.8 Å². The van der Waals surface area contributed by atoms with Gasteiger partial charge in [0.1, 0.15) is 5.75 Å². The fraction of sp³-hybridized carbons (Fsp3) is 0.571. The van der Waals surface area contributed by atoms with Gasteiger partial charge in [-0.2, -0.15) is 0 Å². The van der Waals surface area contributed by atoms with Crippen LogP contribution >= 0.6 is 0 Å². The number of phenolic OH excluding ortho intramolecular Hbond substituents is 1. The Balaban J connectivity index is 2.32. The Bertz CT molecular complexity index is 307. The van der Waals surface area contributed by atoms with Crippen LogP contribution in [0.3, 0.4) is 0 Å². The highest BCUT2D eigenvalue weighted by atomic mass is 16.3. The molecule has 1 atom stereocenters. The van der Waals surface area contributed by atoms with Crippen molar-refractivity contribution in [3.63, 3.8) is 0 Å². The van der Waals surface area contributed by atoms with Crippen LogP contribution in [-0.2, 0) is 6.54 Å². The monoisotopic (exact) mass is 236 g/mol. The molecule has 17 heavy (non-hydrogen) atoms. The minimum Gasteiger partial charge on any atom is -0.508 e. The van der Waals surface area contributed by atoms with Crippen LogP contribution in [0, 0.1) is 0 Å². The van der Waals surface area contributed by atoms with Gasteiger partial charge in [0, 0.05) is 19.1 Å². The molecule has 1 aromatic rings. The SMILES string of the molecule is CCN(CC)CC(C)NCc1ccc(O)cc1. The van der Waals surface area contributed by atoms with Crippen molar-refractivity contribution in [2.45, 2.75) is 33.4 Å². The van der Waals surface area contributed by atoms with Crippen molar-refractivity contribution >= 4 is 0 Å². The lowest BCUT2D eigenvalue weighted by molar-refractivity contribution is 0.270. The van der Waals surface area contributed by atoms with Gasteiger partial charge in [0.15, 0.2) is 0 Å². The summed E-state index contributed by atoms with van der Waals surface area (Å²) >= 11 is 0. The van der Waals surface area contributed by atoms with Crippen LogP contribution in [-0.4, -0.2) is 35.7 Å². The molecule has 0 saturated carbocycles. The van der Waals surface area contributed by atoms with Crippen molar-refractivity contribution in [3.8, 4) is 5.75 Å². The van der Waals surface area contributed by atoms with Gasteiger partial charge < -0.3 is 15.3 Å². The van der Waals surface area contributed by atoms with Crippen LogP contribution in [0.1, 0.15) is 26.3 Å². The van der Waals surface area contributed by atoms with Gasteiger partial charge in [0.05, 0.1) is 0 Å². The number of nitrogens with zero attached hydrogens (tertiary/aromatic N) is 1. The summed E-state index contributed by atoms with van der Waals surface area (Å²) in [5, 5.41) is 12.7. The second-order valence-electron chi connectivity index (χ2n) is 4.43. The molecule has 0 bridgehead atoms. The number of benzene rings is 1. The molecule has 3 nitrogen and oxygen atoms in total. The van der Waals surface area contributed by atoms with Crippen molar-refractivity contribution in [2.24, 2.45) is 0 Å². The van der Waals surface area contributed by atoms with Crippen LogP contribution in [0.5, 0.6) is 5.75 Å². The second-order valence-corrected chi connectivity index (χ2v) is 4.43. The van der Waals surface area contributed by atoms with Gasteiger partial charge >= 0.3 is 0 Å². The normalized spacial score (nSPS) is 12.9. The Hall–Kier alpha value is -1.06. The predicted molar refractivity (Wildman–Crippen MR) is 72.2 cm³/mol. The quantitative estimate of drug-likeness (QED) is 0.762. The number of nitrogens with one attached hydrogen (secondary N) is 1. The first-order chi connectivity index (χ1) is 8.15. The largest absolute Gasteiger partial charge is 0.508 e. The Morgan fingerprint density at radius 1 is 1.18 bits per heavy atom. The van der Waals surface area contributed by atoms with Gasteiger partial charge in [-0.25, -0.2) is 0 Å². The molecule has 96 valence electrons.